The molecular formula is C17H25NO3. The molecule has 1 aliphatic rings. The van der Waals surface area contributed by atoms with Crippen molar-refractivity contribution < 1.29 is 14.6 Å². The Morgan fingerprint density at radius 2 is 2.00 bits per heavy atom. The van der Waals surface area contributed by atoms with Gasteiger partial charge in [0, 0.05) is 6.54 Å². The maximum absolute atomic E-state index is 11.6. The fourth-order valence-corrected chi connectivity index (χ4v) is 2.23. The van der Waals surface area contributed by atoms with E-state index in [1.54, 1.807) is 0 Å². The zero-order valence-electron chi connectivity index (χ0n) is 12.8. The molecule has 1 unspecified atom stereocenters. The molecule has 1 fully saturated rings. The number of carbonyl (C=O) groups excluding carboxylic acids is 1. The molecule has 2 rings (SSSR count). The second kappa shape index (κ2) is 7.46. The third-order valence-corrected chi connectivity index (χ3v) is 3.85. The van der Waals surface area contributed by atoms with Crippen molar-refractivity contribution in [2.45, 2.75) is 45.1 Å². The van der Waals surface area contributed by atoms with Crippen LogP contribution in [-0.2, 0) is 4.79 Å². The van der Waals surface area contributed by atoms with Crippen molar-refractivity contribution in [3.63, 3.8) is 0 Å². The van der Waals surface area contributed by atoms with Crippen LogP contribution in [0.25, 0.3) is 0 Å². The number of hydrogen-bond acceptors (Lipinski definition) is 3. The van der Waals surface area contributed by atoms with Crippen molar-refractivity contribution in [3.05, 3.63) is 29.8 Å². The van der Waals surface area contributed by atoms with Crippen molar-refractivity contribution in [2.24, 2.45) is 5.92 Å². The van der Waals surface area contributed by atoms with E-state index in [0.717, 1.165) is 12.8 Å². The van der Waals surface area contributed by atoms with E-state index < -0.39 is 0 Å². The Kier molecular flexibility index (Phi) is 5.62. The van der Waals surface area contributed by atoms with Crippen LogP contribution in [0.1, 0.15) is 44.6 Å². The average Bonchev–Trinajstić information content (AvgIpc) is 3.30. The molecule has 0 aromatic heterocycles. The molecular weight excluding hydrogens is 266 g/mol. The van der Waals surface area contributed by atoms with E-state index in [0.29, 0.717) is 30.6 Å². The number of ether oxygens (including phenoxy) is 1. The predicted octanol–water partition coefficient (Wildman–Crippen LogP) is 2.47. The molecule has 1 aliphatic carbocycles. The van der Waals surface area contributed by atoms with Gasteiger partial charge in [-0.05, 0) is 48.8 Å². The van der Waals surface area contributed by atoms with Gasteiger partial charge in [0.1, 0.15) is 5.75 Å². The highest BCUT2D eigenvalue weighted by atomic mass is 16.5. The van der Waals surface area contributed by atoms with Crippen LogP contribution in [0.2, 0.25) is 0 Å². The van der Waals surface area contributed by atoms with Crippen LogP contribution in [0.5, 0.6) is 5.75 Å². The van der Waals surface area contributed by atoms with Gasteiger partial charge in [-0.3, -0.25) is 4.79 Å². The van der Waals surface area contributed by atoms with Crippen molar-refractivity contribution in [2.75, 3.05) is 13.2 Å². The summed E-state index contributed by atoms with van der Waals surface area (Å²) in [6.07, 6.45) is 2.59. The smallest absolute Gasteiger partial charge is 0.257 e. The van der Waals surface area contributed by atoms with E-state index in [4.69, 9.17) is 4.74 Å². The molecule has 116 valence electrons. The molecule has 0 bridgehead atoms. The summed E-state index contributed by atoms with van der Waals surface area (Å²) >= 11 is 0. The highest BCUT2D eigenvalue weighted by Gasteiger charge is 2.29. The third kappa shape index (κ3) is 5.38. The Morgan fingerprint density at radius 3 is 2.57 bits per heavy atom. The molecule has 21 heavy (non-hydrogen) atoms. The summed E-state index contributed by atoms with van der Waals surface area (Å²) in [7, 11) is 0. The molecule has 0 aliphatic heterocycles. The number of amides is 1. The van der Waals surface area contributed by atoms with E-state index in [2.05, 4.69) is 19.2 Å². The molecule has 2 N–H and O–H groups in total. The molecule has 1 aromatic rings. The summed E-state index contributed by atoms with van der Waals surface area (Å²) in [5, 5.41) is 12.5. The van der Waals surface area contributed by atoms with Crippen LogP contribution in [0, 0.1) is 5.92 Å². The van der Waals surface area contributed by atoms with Gasteiger partial charge in [-0.25, -0.2) is 0 Å². The predicted molar refractivity (Wildman–Crippen MR) is 82.4 cm³/mol. The maximum Gasteiger partial charge on any atom is 0.257 e. The Hall–Kier alpha value is -1.55. The van der Waals surface area contributed by atoms with Gasteiger partial charge in [0.05, 0.1) is 6.10 Å². The lowest BCUT2D eigenvalue weighted by molar-refractivity contribution is -0.123. The lowest BCUT2D eigenvalue weighted by Crippen LogP contribution is -2.31. The fourth-order valence-electron chi connectivity index (χ4n) is 2.23. The maximum atomic E-state index is 11.6. The van der Waals surface area contributed by atoms with E-state index in [-0.39, 0.29) is 18.6 Å². The number of hydrogen-bond donors (Lipinski definition) is 2. The van der Waals surface area contributed by atoms with Gasteiger partial charge in [0.15, 0.2) is 6.61 Å². The number of aliphatic hydroxyl groups excluding tert-OH is 1. The average molecular weight is 291 g/mol. The molecule has 1 aromatic carbocycles. The lowest BCUT2D eigenvalue weighted by atomic mass is 10.0. The van der Waals surface area contributed by atoms with Crippen LogP contribution >= 0.6 is 0 Å². The number of carbonyl (C=O) groups is 1. The van der Waals surface area contributed by atoms with Crippen LogP contribution in [0.15, 0.2) is 24.3 Å². The van der Waals surface area contributed by atoms with Crippen LogP contribution in [0.4, 0.5) is 0 Å². The molecule has 1 saturated carbocycles. The summed E-state index contributed by atoms with van der Waals surface area (Å²) in [6.45, 7) is 4.80. The molecule has 0 spiro atoms. The molecule has 4 heteroatoms. The van der Waals surface area contributed by atoms with Crippen LogP contribution in [-0.4, -0.2) is 30.3 Å². The van der Waals surface area contributed by atoms with Gasteiger partial charge in [-0.2, -0.15) is 0 Å². The summed E-state index contributed by atoms with van der Waals surface area (Å²) in [6, 6.07) is 7.81. The summed E-state index contributed by atoms with van der Waals surface area (Å²) < 4.78 is 5.45. The van der Waals surface area contributed by atoms with Crippen molar-refractivity contribution >= 4 is 5.91 Å². The molecule has 0 heterocycles. The van der Waals surface area contributed by atoms with Gasteiger partial charge in [0.25, 0.3) is 5.91 Å². The largest absolute Gasteiger partial charge is 0.484 e. The molecule has 0 saturated heterocycles. The minimum atomic E-state index is -0.269. The van der Waals surface area contributed by atoms with Crippen molar-refractivity contribution in [3.8, 4) is 5.75 Å². The van der Waals surface area contributed by atoms with Crippen LogP contribution in [0.3, 0.4) is 0 Å². The number of nitrogens with one attached hydrogen (secondary N) is 1. The van der Waals surface area contributed by atoms with Gasteiger partial charge >= 0.3 is 0 Å². The normalized spacial score (nSPS) is 15.8. The molecule has 4 nitrogen and oxygen atoms in total. The number of benzene rings is 1. The fraction of sp³-hybridized carbons (Fsp3) is 0.588. The Labute approximate surface area is 126 Å². The van der Waals surface area contributed by atoms with Crippen LogP contribution < -0.4 is 10.1 Å². The third-order valence-electron chi connectivity index (χ3n) is 3.85. The zero-order chi connectivity index (χ0) is 15.2. The highest BCUT2D eigenvalue weighted by Crippen LogP contribution is 2.33. The first-order valence-corrected chi connectivity index (χ1v) is 7.74. The Balaban J connectivity index is 1.63. The first-order valence-electron chi connectivity index (χ1n) is 7.74. The summed E-state index contributed by atoms with van der Waals surface area (Å²) in [4.78, 5) is 11.6. The zero-order valence-corrected chi connectivity index (χ0v) is 12.8. The molecule has 1 amide bonds. The Bertz CT molecular complexity index is 452. The topological polar surface area (TPSA) is 58.6 Å². The van der Waals surface area contributed by atoms with Crippen molar-refractivity contribution in [1.29, 1.82) is 0 Å². The molecule has 1 atom stereocenters. The second-order valence-electron chi connectivity index (χ2n) is 6.06. The van der Waals surface area contributed by atoms with Crippen molar-refractivity contribution in [1.82, 2.24) is 5.32 Å². The summed E-state index contributed by atoms with van der Waals surface area (Å²) in [5.74, 6) is 1.50. The summed E-state index contributed by atoms with van der Waals surface area (Å²) in [5.41, 5.74) is 1.25. The van der Waals surface area contributed by atoms with Gasteiger partial charge in [-0.1, -0.05) is 26.0 Å². The SMILES string of the molecule is CC(C)c1ccc(OCC(=O)NCCC(O)C2CC2)cc1. The van der Waals surface area contributed by atoms with E-state index in [1.807, 2.05) is 24.3 Å². The van der Waals surface area contributed by atoms with Gasteiger partial charge < -0.3 is 15.2 Å². The van der Waals surface area contributed by atoms with Gasteiger partial charge in [-0.15, -0.1) is 0 Å². The highest BCUT2D eigenvalue weighted by molar-refractivity contribution is 5.77. The lowest BCUT2D eigenvalue weighted by Gasteiger charge is -2.11. The standard InChI is InChI=1S/C17H25NO3/c1-12(2)13-5-7-15(8-6-13)21-11-17(20)18-10-9-16(19)14-3-4-14/h5-8,12,14,16,19H,3-4,9-11H2,1-2H3,(H,18,20). The Morgan fingerprint density at radius 1 is 1.33 bits per heavy atom. The van der Waals surface area contributed by atoms with Gasteiger partial charge in [0.2, 0.25) is 0 Å². The first-order chi connectivity index (χ1) is 10.1. The van der Waals surface area contributed by atoms with E-state index in [1.165, 1.54) is 5.56 Å². The number of rotatable bonds is 8. The minimum absolute atomic E-state index is 0.0144. The molecule has 0 radical (unpaired) electrons. The quantitative estimate of drug-likeness (QED) is 0.773. The minimum Gasteiger partial charge on any atom is -0.484 e. The van der Waals surface area contributed by atoms with E-state index in [9.17, 15) is 9.90 Å². The monoisotopic (exact) mass is 291 g/mol. The first kappa shape index (κ1) is 15.8. The number of aliphatic hydroxyl groups is 1. The van der Waals surface area contributed by atoms with E-state index >= 15 is 0 Å². The second-order valence-corrected chi connectivity index (χ2v) is 6.06.